The number of amides is 1. The Kier molecular flexibility index (Phi) is 7.45. The average molecular weight is 451 g/mol. The summed E-state index contributed by atoms with van der Waals surface area (Å²) in [4.78, 5) is 18.1. The number of carbonyl (C=O) groups excluding carboxylic acids is 1. The molecule has 1 saturated carbocycles. The van der Waals surface area contributed by atoms with Crippen LogP contribution in [-0.2, 0) is 10.2 Å². The van der Waals surface area contributed by atoms with E-state index in [-0.39, 0.29) is 11.3 Å². The molecular weight excluding hydrogens is 408 g/mol. The molecule has 2 fully saturated rings. The Morgan fingerprint density at radius 3 is 2.55 bits per heavy atom. The van der Waals surface area contributed by atoms with Gasteiger partial charge in [-0.2, -0.15) is 0 Å². The maximum atomic E-state index is 13.9. The van der Waals surface area contributed by atoms with Crippen molar-refractivity contribution in [1.29, 1.82) is 0 Å². The Hall–Kier alpha value is -2.49. The third-order valence-electron chi connectivity index (χ3n) is 7.65. The van der Waals surface area contributed by atoms with Crippen LogP contribution in [0.5, 0.6) is 5.75 Å². The van der Waals surface area contributed by atoms with Crippen molar-refractivity contribution in [3.05, 3.63) is 65.5 Å². The highest BCUT2D eigenvalue weighted by molar-refractivity contribution is 5.90. The van der Waals surface area contributed by atoms with Crippen LogP contribution >= 0.6 is 0 Å². The standard InChI is InChI=1S/C29H42N2O2/c1-9-12-24(16-15-22-19-26(28(3,4)5)30(6)21(22)2)31(7)27(32)29(17-11-18-29)23-13-10-14-25(20-23)33-8/h10,12-15,20,26H,2,9,11,16-19H2,1,3-8H3. The quantitative estimate of drug-likeness (QED) is 0.478. The second-order valence-corrected chi connectivity index (χ2v) is 10.7. The molecule has 1 amide bonds. The number of carbonyl (C=O) groups is 1. The molecule has 1 heterocycles. The molecule has 0 aromatic heterocycles. The first-order valence-electron chi connectivity index (χ1n) is 12.3. The van der Waals surface area contributed by atoms with E-state index < -0.39 is 5.41 Å². The molecule has 1 aliphatic carbocycles. The van der Waals surface area contributed by atoms with Gasteiger partial charge in [-0.1, -0.05) is 65.0 Å². The van der Waals surface area contributed by atoms with Crippen molar-refractivity contribution in [2.24, 2.45) is 5.41 Å². The summed E-state index contributed by atoms with van der Waals surface area (Å²) in [5, 5.41) is 0. The number of ether oxygens (including phenoxy) is 1. The summed E-state index contributed by atoms with van der Waals surface area (Å²) >= 11 is 0. The number of hydrogen-bond acceptors (Lipinski definition) is 3. The van der Waals surface area contributed by atoms with Crippen LogP contribution in [-0.4, -0.2) is 43.0 Å². The lowest BCUT2D eigenvalue weighted by atomic mass is 9.63. The van der Waals surface area contributed by atoms with Crippen molar-refractivity contribution >= 4 is 5.91 Å². The number of benzene rings is 1. The monoisotopic (exact) mass is 450 g/mol. The van der Waals surface area contributed by atoms with Crippen LogP contribution in [0.15, 0.2) is 60.0 Å². The van der Waals surface area contributed by atoms with E-state index in [1.165, 1.54) is 5.57 Å². The van der Waals surface area contributed by atoms with Gasteiger partial charge in [-0.05, 0) is 54.4 Å². The van der Waals surface area contributed by atoms with Crippen molar-refractivity contribution in [3.63, 3.8) is 0 Å². The van der Waals surface area contributed by atoms with Crippen LogP contribution in [0, 0.1) is 5.41 Å². The number of allylic oxidation sites excluding steroid dienone is 3. The summed E-state index contributed by atoms with van der Waals surface area (Å²) in [7, 11) is 5.76. The first-order chi connectivity index (χ1) is 15.5. The summed E-state index contributed by atoms with van der Waals surface area (Å²) in [6, 6.07) is 8.47. The summed E-state index contributed by atoms with van der Waals surface area (Å²) in [5.74, 6) is 0.996. The molecule has 180 valence electrons. The van der Waals surface area contributed by atoms with E-state index in [1.54, 1.807) is 7.11 Å². The predicted octanol–water partition coefficient (Wildman–Crippen LogP) is 6.45. The molecule has 1 aromatic rings. The van der Waals surface area contributed by atoms with Gasteiger partial charge in [0.05, 0.1) is 12.5 Å². The van der Waals surface area contributed by atoms with Gasteiger partial charge < -0.3 is 14.5 Å². The zero-order valence-corrected chi connectivity index (χ0v) is 21.7. The van der Waals surface area contributed by atoms with Gasteiger partial charge in [0.15, 0.2) is 0 Å². The first-order valence-corrected chi connectivity index (χ1v) is 12.3. The molecule has 0 radical (unpaired) electrons. The van der Waals surface area contributed by atoms with Gasteiger partial charge in [0.1, 0.15) is 5.75 Å². The number of hydrogen-bond donors (Lipinski definition) is 0. The molecule has 1 saturated heterocycles. The van der Waals surface area contributed by atoms with Crippen molar-refractivity contribution in [1.82, 2.24) is 9.80 Å². The minimum atomic E-state index is -0.447. The van der Waals surface area contributed by atoms with E-state index in [9.17, 15) is 4.79 Å². The minimum Gasteiger partial charge on any atom is -0.497 e. The molecule has 0 bridgehead atoms. The fourth-order valence-corrected chi connectivity index (χ4v) is 5.32. The molecule has 4 heteroatoms. The maximum absolute atomic E-state index is 13.9. The van der Waals surface area contributed by atoms with Crippen LogP contribution < -0.4 is 4.74 Å². The maximum Gasteiger partial charge on any atom is 0.237 e. The fraction of sp³-hybridized carbons (Fsp3) is 0.552. The lowest BCUT2D eigenvalue weighted by Gasteiger charge is -2.43. The van der Waals surface area contributed by atoms with Crippen LogP contribution in [0.1, 0.15) is 71.8 Å². The highest BCUT2D eigenvalue weighted by atomic mass is 16.5. The van der Waals surface area contributed by atoms with Crippen molar-refractivity contribution in [2.45, 2.75) is 77.7 Å². The lowest BCUT2D eigenvalue weighted by Crippen LogP contribution is -2.49. The number of nitrogens with zero attached hydrogens (tertiary/aromatic N) is 2. The van der Waals surface area contributed by atoms with Gasteiger partial charge in [0.2, 0.25) is 5.91 Å². The summed E-state index contributed by atoms with van der Waals surface area (Å²) < 4.78 is 5.44. The number of likely N-dealkylation sites (tertiary alicyclic amines) is 1. The lowest BCUT2D eigenvalue weighted by molar-refractivity contribution is -0.137. The van der Waals surface area contributed by atoms with E-state index in [2.05, 4.69) is 64.4 Å². The minimum absolute atomic E-state index is 0.190. The Morgan fingerprint density at radius 2 is 2.03 bits per heavy atom. The smallest absolute Gasteiger partial charge is 0.237 e. The Bertz CT molecular complexity index is 947. The molecule has 1 atom stereocenters. The van der Waals surface area contributed by atoms with Gasteiger partial charge in [-0.3, -0.25) is 4.79 Å². The Balaban J connectivity index is 1.82. The van der Waals surface area contributed by atoms with Crippen molar-refractivity contribution in [3.8, 4) is 5.75 Å². The SMILES string of the molecule is C=C1C(=CCC(=CCC)N(C)C(=O)C2(c3cccc(OC)c3)CCC2)CC(C(C)(C)C)N1C. The van der Waals surface area contributed by atoms with E-state index in [0.29, 0.717) is 6.04 Å². The molecule has 0 spiro atoms. The second kappa shape index (κ2) is 9.79. The second-order valence-electron chi connectivity index (χ2n) is 10.7. The molecule has 1 aromatic carbocycles. The van der Waals surface area contributed by atoms with Crippen molar-refractivity contribution in [2.75, 3.05) is 21.2 Å². The van der Waals surface area contributed by atoms with Gasteiger partial charge in [0, 0.05) is 38.0 Å². The van der Waals surface area contributed by atoms with E-state index in [1.807, 2.05) is 30.1 Å². The van der Waals surface area contributed by atoms with E-state index in [4.69, 9.17) is 4.74 Å². The van der Waals surface area contributed by atoms with Crippen LogP contribution in [0.3, 0.4) is 0 Å². The molecule has 1 aliphatic heterocycles. The normalized spacial score (nSPS) is 21.8. The highest BCUT2D eigenvalue weighted by Gasteiger charge is 2.47. The molecule has 3 rings (SSSR count). The van der Waals surface area contributed by atoms with Gasteiger partial charge in [-0.15, -0.1) is 0 Å². The zero-order chi connectivity index (χ0) is 24.4. The Labute approximate surface area is 201 Å². The predicted molar refractivity (Wildman–Crippen MR) is 137 cm³/mol. The van der Waals surface area contributed by atoms with Gasteiger partial charge in [-0.25, -0.2) is 0 Å². The summed E-state index contributed by atoms with van der Waals surface area (Å²) in [6.45, 7) is 13.3. The molecule has 2 aliphatic rings. The van der Waals surface area contributed by atoms with Gasteiger partial charge >= 0.3 is 0 Å². The van der Waals surface area contributed by atoms with E-state index >= 15 is 0 Å². The third-order valence-corrected chi connectivity index (χ3v) is 7.65. The first kappa shape index (κ1) is 25.1. The largest absolute Gasteiger partial charge is 0.497 e. The Morgan fingerprint density at radius 1 is 1.33 bits per heavy atom. The molecule has 0 N–H and O–H groups in total. The van der Waals surface area contributed by atoms with Crippen LogP contribution in [0.4, 0.5) is 0 Å². The highest BCUT2D eigenvalue weighted by Crippen LogP contribution is 2.46. The molecule has 1 unspecified atom stereocenters. The van der Waals surface area contributed by atoms with Gasteiger partial charge in [0.25, 0.3) is 0 Å². The van der Waals surface area contributed by atoms with Crippen LogP contribution in [0.2, 0.25) is 0 Å². The average Bonchev–Trinajstić information content (AvgIpc) is 3.04. The molecule has 33 heavy (non-hydrogen) atoms. The molecule has 4 nitrogen and oxygen atoms in total. The number of likely N-dealkylation sites (N-methyl/N-ethyl adjacent to an activating group) is 2. The topological polar surface area (TPSA) is 32.8 Å². The molecular formula is C29H42N2O2. The number of rotatable bonds is 7. The van der Waals surface area contributed by atoms with Crippen molar-refractivity contribution < 1.29 is 9.53 Å². The number of methoxy groups -OCH3 is 1. The van der Waals surface area contributed by atoms with Crippen LogP contribution in [0.25, 0.3) is 0 Å². The summed E-state index contributed by atoms with van der Waals surface area (Å²) in [6.07, 6.45) is 9.97. The zero-order valence-electron chi connectivity index (χ0n) is 21.7. The third kappa shape index (κ3) is 4.90. The fourth-order valence-electron chi connectivity index (χ4n) is 5.32. The van der Waals surface area contributed by atoms with E-state index in [0.717, 1.165) is 61.2 Å². The summed E-state index contributed by atoms with van der Waals surface area (Å²) in [5.41, 5.74) is 4.28.